The second-order valence-corrected chi connectivity index (χ2v) is 4.81. The Morgan fingerprint density at radius 2 is 1.94 bits per heavy atom. The number of aromatic carboxylic acids is 1. The van der Waals surface area contributed by atoms with Crippen LogP contribution < -0.4 is 5.32 Å². The number of hydrogen-bond donors (Lipinski definition) is 2. The second-order valence-electron chi connectivity index (χ2n) is 3.04. The molecule has 1 aromatic rings. The van der Waals surface area contributed by atoms with Crippen molar-refractivity contribution >= 4 is 43.5 Å². The highest BCUT2D eigenvalue weighted by Crippen LogP contribution is 2.31. The summed E-state index contributed by atoms with van der Waals surface area (Å²) in [6.07, 6.45) is 1.15. The lowest BCUT2D eigenvalue weighted by atomic mass is 10.2. The van der Waals surface area contributed by atoms with Gasteiger partial charge in [0, 0.05) is 15.1 Å². The number of nitrogens with zero attached hydrogens (tertiary/aromatic N) is 2. The number of allylic oxidation sites excluding steroid dienone is 1. The molecule has 0 aliphatic heterocycles. The first kappa shape index (κ1) is 14.2. The summed E-state index contributed by atoms with van der Waals surface area (Å²) in [5.41, 5.74) is 0.137. The standard InChI is InChI=1S/C11H5Br2N3O2/c12-7-1-8(11(17)18)10(9(13)2-7)16-5-6(3-14)4-15/h1-2,5,16H,(H,17,18). The first-order chi connectivity index (χ1) is 8.49. The first-order valence-corrected chi connectivity index (χ1v) is 6.07. The zero-order chi connectivity index (χ0) is 13.7. The topological polar surface area (TPSA) is 96.9 Å². The van der Waals surface area contributed by atoms with Gasteiger partial charge in [0.05, 0.1) is 11.3 Å². The van der Waals surface area contributed by atoms with E-state index in [2.05, 4.69) is 37.2 Å². The van der Waals surface area contributed by atoms with Crippen LogP contribution in [-0.2, 0) is 0 Å². The minimum atomic E-state index is -1.12. The number of halogens is 2. The van der Waals surface area contributed by atoms with Crippen LogP contribution in [-0.4, -0.2) is 11.1 Å². The van der Waals surface area contributed by atoms with Crippen molar-refractivity contribution in [2.24, 2.45) is 0 Å². The Bertz CT molecular complexity index is 596. The van der Waals surface area contributed by atoms with Gasteiger partial charge in [0.15, 0.2) is 0 Å². The number of carboxylic acid groups (broad SMARTS) is 1. The van der Waals surface area contributed by atoms with Gasteiger partial charge in [-0.1, -0.05) is 15.9 Å². The van der Waals surface area contributed by atoms with Crippen LogP contribution >= 0.6 is 31.9 Å². The normalized spacial score (nSPS) is 8.89. The van der Waals surface area contributed by atoms with Gasteiger partial charge < -0.3 is 10.4 Å². The van der Waals surface area contributed by atoms with E-state index in [1.54, 1.807) is 18.2 Å². The smallest absolute Gasteiger partial charge is 0.337 e. The van der Waals surface area contributed by atoms with Gasteiger partial charge in [-0.2, -0.15) is 10.5 Å². The number of rotatable bonds is 3. The summed E-state index contributed by atoms with van der Waals surface area (Å²) in [4.78, 5) is 11.1. The molecule has 0 radical (unpaired) electrons. The molecule has 0 aliphatic rings. The Kier molecular flexibility index (Phi) is 4.90. The molecule has 0 heterocycles. The lowest BCUT2D eigenvalue weighted by molar-refractivity contribution is 0.0698. The molecule has 5 nitrogen and oxygen atoms in total. The summed E-state index contributed by atoms with van der Waals surface area (Å²) in [7, 11) is 0. The number of benzene rings is 1. The van der Waals surface area contributed by atoms with Crippen LogP contribution in [0.25, 0.3) is 0 Å². The number of carbonyl (C=O) groups is 1. The number of nitrogens with one attached hydrogen (secondary N) is 1. The second kappa shape index (κ2) is 6.20. The Labute approximate surface area is 120 Å². The van der Waals surface area contributed by atoms with Crippen LogP contribution in [0.1, 0.15) is 10.4 Å². The SMILES string of the molecule is N#CC(C#N)=CNc1c(Br)cc(Br)cc1C(=O)O. The van der Waals surface area contributed by atoms with Crippen LogP contribution in [0, 0.1) is 22.7 Å². The highest BCUT2D eigenvalue weighted by molar-refractivity contribution is 9.11. The summed E-state index contributed by atoms with van der Waals surface area (Å²) < 4.78 is 1.10. The van der Waals surface area contributed by atoms with Crippen molar-refractivity contribution < 1.29 is 9.90 Å². The van der Waals surface area contributed by atoms with Crippen molar-refractivity contribution in [3.63, 3.8) is 0 Å². The monoisotopic (exact) mass is 369 g/mol. The number of carboxylic acids is 1. The summed E-state index contributed by atoms with van der Waals surface area (Å²) >= 11 is 6.39. The molecule has 7 heteroatoms. The van der Waals surface area contributed by atoms with Crippen LogP contribution in [0.3, 0.4) is 0 Å². The van der Waals surface area contributed by atoms with E-state index in [9.17, 15) is 4.79 Å². The van der Waals surface area contributed by atoms with Gasteiger partial charge in [0.1, 0.15) is 17.7 Å². The molecule has 0 unspecified atom stereocenters. The molecule has 1 aromatic carbocycles. The van der Waals surface area contributed by atoms with Gasteiger partial charge in [-0.05, 0) is 28.1 Å². The lowest BCUT2D eigenvalue weighted by Crippen LogP contribution is -2.03. The molecule has 90 valence electrons. The van der Waals surface area contributed by atoms with E-state index in [4.69, 9.17) is 15.6 Å². The fraction of sp³-hybridized carbons (Fsp3) is 0. The van der Waals surface area contributed by atoms with Crippen molar-refractivity contribution in [1.82, 2.24) is 0 Å². The maximum atomic E-state index is 11.1. The maximum absolute atomic E-state index is 11.1. The van der Waals surface area contributed by atoms with E-state index in [1.165, 1.54) is 6.07 Å². The zero-order valence-electron chi connectivity index (χ0n) is 8.74. The zero-order valence-corrected chi connectivity index (χ0v) is 11.9. The van der Waals surface area contributed by atoms with Gasteiger partial charge in [0.25, 0.3) is 0 Å². The van der Waals surface area contributed by atoms with E-state index in [0.717, 1.165) is 6.20 Å². The van der Waals surface area contributed by atoms with Crippen molar-refractivity contribution in [3.05, 3.63) is 38.4 Å². The molecule has 0 aromatic heterocycles. The van der Waals surface area contributed by atoms with E-state index in [0.29, 0.717) is 8.95 Å². The van der Waals surface area contributed by atoms with E-state index in [1.807, 2.05) is 0 Å². The van der Waals surface area contributed by atoms with E-state index >= 15 is 0 Å². The fourth-order valence-corrected chi connectivity index (χ4v) is 2.46. The summed E-state index contributed by atoms with van der Waals surface area (Å²) in [5, 5.41) is 28.9. The van der Waals surface area contributed by atoms with Crippen molar-refractivity contribution in [1.29, 1.82) is 10.5 Å². The lowest BCUT2D eigenvalue weighted by Gasteiger charge is -2.09. The molecule has 2 N–H and O–H groups in total. The summed E-state index contributed by atoms with van der Waals surface area (Å²) in [5.74, 6) is -1.12. The molecule has 0 spiro atoms. The van der Waals surface area contributed by atoms with Gasteiger partial charge in [-0.3, -0.25) is 0 Å². The molecular weight excluding hydrogens is 366 g/mol. The highest BCUT2D eigenvalue weighted by atomic mass is 79.9. The maximum Gasteiger partial charge on any atom is 0.337 e. The molecule has 18 heavy (non-hydrogen) atoms. The summed E-state index contributed by atoms with van der Waals surface area (Å²) in [6.45, 7) is 0. The minimum absolute atomic E-state index is 0.0164. The first-order valence-electron chi connectivity index (χ1n) is 4.48. The highest BCUT2D eigenvalue weighted by Gasteiger charge is 2.14. The molecule has 0 fully saturated rings. The van der Waals surface area contributed by atoms with Crippen LogP contribution in [0.5, 0.6) is 0 Å². The predicted octanol–water partition coefficient (Wildman–Crippen LogP) is 3.25. The van der Waals surface area contributed by atoms with Gasteiger partial charge in [-0.25, -0.2) is 4.79 Å². The molecule has 1 rings (SSSR count). The Morgan fingerprint density at radius 1 is 1.33 bits per heavy atom. The fourth-order valence-electron chi connectivity index (χ4n) is 1.12. The van der Waals surface area contributed by atoms with Gasteiger partial charge >= 0.3 is 5.97 Å². The quantitative estimate of drug-likeness (QED) is 0.796. The molecule has 0 aliphatic carbocycles. The minimum Gasteiger partial charge on any atom is -0.478 e. The number of nitriles is 2. The van der Waals surface area contributed by atoms with Gasteiger partial charge in [-0.15, -0.1) is 0 Å². The Balaban J connectivity index is 3.26. The Morgan fingerprint density at radius 3 is 2.44 bits per heavy atom. The van der Waals surface area contributed by atoms with Crippen molar-refractivity contribution in [2.75, 3.05) is 5.32 Å². The number of anilines is 1. The Hall–Kier alpha value is -1.83. The molecule has 0 saturated carbocycles. The average Bonchev–Trinajstić information content (AvgIpc) is 2.31. The molecule has 0 atom stereocenters. The third-order valence-electron chi connectivity index (χ3n) is 1.89. The van der Waals surface area contributed by atoms with Crippen LogP contribution in [0.15, 0.2) is 32.9 Å². The van der Waals surface area contributed by atoms with Crippen LogP contribution in [0.4, 0.5) is 5.69 Å². The average molecular weight is 371 g/mol. The third kappa shape index (κ3) is 3.33. The predicted molar refractivity (Wildman–Crippen MR) is 71.7 cm³/mol. The third-order valence-corrected chi connectivity index (χ3v) is 2.97. The molecule has 0 saturated heterocycles. The molecule has 0 bridgehead atoms. The molecular formula is C11H5Br2N3O2. The number of hydrogen-bond acceptors (Lipinski definition) is 4. The summed E-state index contributed by atoms with van der Waals surface area (Å²) in [6, 6.07) is 6.41. The van der Waals surface area contributed by atoms with E-state index in [-0.39, 0.29) is 16.8 Å². The van der Waals surface area contributed by atoms with Crippen molar-refractivity contribution in [3.8, 4) is 12.1 Å². The molecule has 0 amide bonds. The van der Waals surface area contributed by atoms with Crippen molar-refractivity contribution in [2.45, 2.75) is 0 Å². The van der Waals surface area contributed by atoms with Crippen LogP contribution in [0.2, 0.25) is 0 Å². The largest absolute Gasteiger partial charge is 0.478 e. The van der Waals surface area contributed by atoms with E-state index < -0.39 is 5.97 Å². The van der Waals surface area contributed by atoms with Gasteiger partial charge in [0.2, 0.25) is 0 Å².